The fourth-order valence-corrected chi connectivity index (χ4v) is 2.01. The average Bonchev–Trinajstić information content (AvgIpc) is 2.93. The maximum Gasteiger partial charge on any atom is 0.436 e. The summed E-state index contributed by atoms with van der Waals surface area (Å²) in [4.78, 5) is 17.7. The summed E-state index contributed by atoms with van der Waals surface area (Å²) >= 11 is 0. The van der Waals surface area contributed by atoms with Gasteiger partial charge >= 0.3 is 11.3 Å². The highest BCUT2D eigenvalue weighted by Crippen LogP contribution is 2.10. The van der Waals surface area contributed by atoms with Crippen LogP contribution in [0.5, 0.6) is 5.75 Å². The molecule has 1 N–H and O–H groups in total. The van der Waals surface area contributed by atoms with E-state index >= 15 is 0 Å². The Bertz CT molecular complexity index is 716. The third kappa shape index (κ3) is 4.19. The third-order valence-corrected chi connectivity index (χ3v) is 3.20. The Labute approximate surface area is 133 Å². The first-order valence-corrected chi connectivity index (χ1v) is 7.17. The van der Waals surface area contributed by atoms with E-state index in [1.54, 1.807) is 31.4 Å². The van der Waals surface area contributed by atoms with Crippen molar-refractivity contribution < 1.29 is 19.0 Å². The molecule has 1 aromatic heterocycles. The molecule has 0 bridgehead atoms. The van der Waals surface area contributed by atoms with Crippen LogP contribution in [0.25, 0.3) is 5.69 Å². The number of nitrogens with one attached hydrogen (secondary N) is 1. The van der Waals surface area contributed by atoms with E-state index in [2.05, 4.69) is 10.3 Å². The number of aromatic nitrogens is 2. The van der Waals surface area contributed by atoms with Gasteiger partial charge in [0, 0.05) is 18.7 Å². The molecule has 0 radical (unpaired) electrons. The van der Waals surface area contributed by atoms with Crippen molar-refractivity contribution >= 4 is 5.90 Å². The molecule has 124 valence electrons. The molecule has 2 aromatic rings. The van der Waals surface area contributed by atoms with Gasteiger partial charge in [0.05, 0.1) is 13.0 Å². The normalized spacial score (nSPS) is 11.9. The van der Waals surface area contributed by atoms with E-state index in [4.69, 9.17) is 9.26 Å². The number of H-pyrrole nitrogens is 1. The summed E-state index contributed by atoms with van der Waals surface area (Å²) in [6.45, 7) is 1.17. The lowest BCUT2D eigenvalue weighted by molar-refractivity contribution is -0.673. The van der Waals surface area contributed by atoms with Crippen molar-refractivity contribution in [2.45, 2.75) is 6.42 Å². The molecule has 0 atom stereocenters. The second kappa shape index (κ2) is 7.59. The molecule has 0 fully saturated rings. The number of aliphatic imine (C=N–C) groups is 1. The van der Waals surface area contributed by atoms with E-state index in [1.807, 2.05) is 19.0 Å². The molecule has 0 unspecified atom stereocenters. The fourth-order valence-electron chi connectivity index (χ4n) is 2.01. The lowest BCUT2D eigenvalue weighted by Gasteiger charge is -2.08. The van der Waals surface area contributed by atoms with Crippen LogP contribution in [0, 0.1) is 0 Å². The molecular weight excluding hydrogens is 300 g/mol. The number of rotatable bonds is 7. The molecule has 1 aromatic carbocycles. The Morgan fingerprint density at radius 1 is 1.39 bits per heavy atom. The second-order valence-corrected chi connectivity index (χ2v) is 5.21. The van der Waals surface area contributed by atoms with Gasteiger partial charge in [0.15, 0.2) is 0 Å². The zero-order valence-electron chi connectivity index (χ0n) is 13.4. The highest BCUT2D eigenvalue weighted by atomic mass is 16.5. The van der Waals surface area contributed by atoms with E-state index in [0.29, 0.717) is 18.0 Å². The van der Waals surface area contributed by atoms with Crippen molar-refractivity contribution in [1.82, 2.24) is 10.2 Å². The first kappa shape index (κ1) is 16.8. The minimum absolute atomic E-state index is 0.153. The molecule has 1 heterocycles. The predicted octanol–water partition coefficient (Wildman–Crippen LogP) is -0.688. The number of hydrogen-bond acceptors (Lipinski definition) is 6. The maximum atomic E-state index is 12.2. The topological polar surface area (TPSA) is 97.8 Å². The van der Waals surface area contributed by atoms with E-state index in [9.17, 15) is 9.90 Å². The first-order valence-electron chi connectivity index (χ1n) is 7.17. The third-order valence-electron chi connectivity index (χ3n) is 3.20. The molecule has 0 spiro atoms. The fraction of sp³-hybridized carbons (Fsp3) is 0.400. The summed E-state index contributed by atoms with van der Waals surface area (Å²) < 4.78 is 11.1. The summed E-state index contributed by atoms with van der Waals surface area (Å²) in [6, 6.07) is 6.84. The molecule has 2 rings (SSSR count). The molecule has 0 saturated heterocycles. The van der Waals surface area contributed by atoms with Gasteiger partial charge < -0.3 is 14.7 Å². The minimum Gasteiger partial charge on any atom is -0.854 e. The van der Waals surface area contributed by atoms with Crippen molar-refractivity contribution in [2.75, 3.05) is 34.3 Å². The Kier molecular flexibility index (Phi) is 5.53. The monoisotopic (exact) mass is 320 g/mol. The first-order chi connectivity index (χ1) is 11.0. The second-order valence-electron chi connectivity index (χ2n) is 5.21. The van der Waals surface area contributed by atoms with Crippen LogP contribution in [0.3, 0.4) is 0 Å². The molecule has 0 aliphatic carbocycles. The number of nitrogens with zero attached hydrogens (tertiary/aromatic N) is 3. The highest BCUT2D eigenvalue weighted by Gasteiger charge is 2.23. The smallest absolute Gasteiger partial charge is 0.436 e. The Morgan fingerprint density at radius 2 is 2.09 bits per heavy atom. The van der Waals surface area contributed by atoms with E-state index in [1.165, 1.54) is 4.68 Å². The maximum absolute atomic E-state index is 12.2. The number of hydrogen-bond donors (Lipinski definition) is 1. The van der Waals surface area contributed by atoms with Gasteiger partial charge in [0.25, 0.3) is 0 Å². The van der Waals surface area contributed by atoms with Crippen molar-refractivity contribution in [3.8, 4) is 11.4 Å². The molecule has 0 saturated carbocycles. The van der Waals surface area contributed by atoms with Gasteiger partial charge in [-0.15, -0.1) is 0 Å². The van der Waals surface area contributed by atoms with Crippen molar-refractivity contribution in [3.63, 3.8) is 0 Å². The van der Waals surface area contributed by atoms with Crippen LogP contribution in [0.1, 0.15) is 12.1 Å². The lowest BCUT2D eigenvalue weighted by atomic mass is 10.3. The molecular formula is C15H20N4O4. The summed E-state index contributed by atoms with van der Waals surface area (Å²) in [5.41, 5.74) is -0.328. The van der Waals surface area contributed by atoms with Crippen LogP contribution >= 0.6 is 0 Å². The Morgan fingerprint density at radius 3 is 2.70 bits per heavy atom. The zero-order chi connectivity index (χ0) is 16.8. The van der Waals surface area contributed by atoms with E-state index in [0.717, 1.165) is 13.0 Å². The predicted molar refractivity (Wildman–Crippen MR) is 82.0 cm³/mol. The van der Waals surface area contributed by atoms with Crippen LogP contribution in [-0.4, -0.2) is 50.4 Å². The summed E-state index contributed by atoms with van der Waals surface area (Å²) in [5.74, 6) is 0.0658. The van der Waals surface area contributed by atoms with Gasteiger partial charge in [-0.3, -0.25) is 9.52 Å². The molecule has 23 heavy (non-hydrogen) atoms. The van der Waals surface area contributed by atoms with Crippen molar-refractivity contribution in [1.29, 1.82) is 0 Å². The van der Waals surface area contributed by atoms with Gasteiger partial charge in [-0.05, 0) is 49.1 Å². The van der Waals surface area contributed by atoms with E-state index in [-0.39, 0.29) is 5.69 Å². The van der Waals surface area contributed by atoms with Crippen LogP contribution in [-0.2, 0) is 0 Å². The van der Waals surface area contributed by atoms with Gasteiger partial charge in [-0.1, -0.05) is 0 Å². The van der Waals surface area contributed by atoms with Crippen molar-refractivity contribution in [2.24, 2.45) is 4.99 Å². The number of benzene rings is 1. The minimum atomic E-state index is -0.748. The molecule has 0 aliphatic heterocycles. The largest absolute Gasteiger partial charge is 0.854 e. The summed E-state index contributed by atoms with van der Waals surface area (Å²) in [5, 5.41) is 14.6. The zero-order valence-corrected chi connectivity index (χ0v) is 13.4. The Balaban J connectivity index is 2.23. The lowest BCUT2D eigenvalue weighted by Crippen LogP contribution is -2.44. The Hall–Kier alpha value is -2.61. The van der Waals surface area contributed by atoms with Gasteiger partial charge in [0.2, 0.25) is 5.69 Å². The molecule has 0 aliphatic rings. The van der Waals surface area contributed by atoms with E-state index < -0.39 is 11.5 Å². The SMILES string of the molecule is COc1ccc(-[n+]2[nH]oc(=O)c2C([O-])=NCCCN(C)C)cc1. The van der Waals surface area contributed by atoms with Crippen LogP contribution in [0.15, 0.2) is 38.6 Å². The van der Waals surface area contributed by atoms with Crippen molar-refractivity contribution in [3.05, 3.63) is 40.4 Å². The molecule has 8 heteroatoms. The van der Waals surface area contributed by atoms with Crippen LogP contribution in [0.4, 0.5) is 0 Å². The standard InChI is InChI=1S/C15H20N4O4/c1-18(2)10-4-9-16-14(20)13-15(21)23-17-19(13)11-5-7-12(22-3)8-6-11/h5-8H,4,9-10H2,1-3H3,(H-,16,17,20,21). The number of methoxy groups -OCH3 is 1. The molecule has 8 nitrogen and oxygen atoms in total. The molecule has 0 amide bonds. The number of aromatic amines is 1. The highest BCUT2D eigenvalue weighted by molar-refractivity contribution is 5.86. The van der Waals surface area contributed by atoms with Crippen LogP contribution in [0.2, 0.25) is 0 Å². The van der Waals surface area contributed by atoms with Gasteiger partial charge in [-0.2, -0.15) is 0 Å². The summed E-state index contributed by atoms with van der Waals surface area (Å²) in [6.07, 6.45) is 0.733. The summed E-state index contributed by atoms with van der Waals surface area (Å²) in [7, 11) is 5.45. The van der Waals surface area contributed by atoms with Gasteiger partial charge in [-0.25, -0.2) is 4.79 Å². The van der Waals surface area contributed by atoms with Crippen LogP contribution < -0.4 is 20.2 Å². The average molecular weight is 320 g/mol. The number of ether oxygens (including phenoxy) is 1. The quantitative estimate of drug-likeness (QED) is 0.315. The van der Waals surface area contributed by atoms with Gasteiger partial charge in [0.1, 0.15) is 5.75 Å².